The third kappa shape index (κ3) is 13.6. The molecule has 1 heterocycles. The Kier molecular flexibility index (Phi) is 13.5. The zero-order chi connectivity index (χ0) is 16.6. The molecule has 2 N–H and O–H groups in total. The molecule has 0 spiro atoms. The first-order chi connectivity index (χ1) is 11.3. The average molecular weight is 367 g/mol. The average Bonchev–Trinajstić information content (AvgIpc) is 2.54. The number of amides is 2. The van der Waals surface area contributed by atoms with Crippen LogP contribution in [0.25, 0.3) is 0 Å². The van der Waals surface area contributed by atoms with E-state index in [1.807, 2.05) is 0 Å². The summed E-state index contributed by atoms with van der Waals surface area (Å²) in [6.07, 6.45) is 0. The van der Waals surface area contributed by atoms with Crippen LogP contribution in [0.15, 0.2) is 0 Å². The van der Waals surface area contributed by atoms with Crippen LogP contribution in [0, 0.1) is 0 Å². The number of nitrogens with one attached hydrogen (secondary N) is 2. The quantitative estimate of drug-likeness (QED) is 0.611. The molecule has 0 aliphatic carbocycles. The number of rotatable bonds is 0. The fourth-order valence-electron chi connectivity index (χ4n) is 1.62. The summed E-state index contributed by atoms with van der Waals surface area (Å²) in [5.74, 6) is 2.60. The van der Waals surface area contributed by atoms with Gasteiger partial charge in [-0.3, -0.25) is 9.59 Å². The van der Waals surface area contributed by atoms with Gasteiger partial charge in [-0.1, -0.05) is 0 Å². The molecule has 0 aromatic carbocycles. The fraction of sp³-hybridized carbons (Fsp3) is 0.857. The topological polar surface area (TPSA) is 85.9 Å². The molecule has 1 aliphatic rings. The lowest BCUT2D eigenvalue weighted by molar-refractivity contribution is -0.119. The minimum absolute atomic E-state index is 0.0145. The number of carbonyl (C=O) groups excluding carboxylic acids is 2. The van der Waals surface area contributed by atoms with Crippen LogP contribution >= 0.6 is 23.5 Å². The molecule has 1 rings (SSSR count). The normalized spacial score (nSPS) is 22.4. The summed E-state index contributed by atoms with van der Waals surface area (Å²) in [6.45, 7) is 3.99. The molecule has 0 radical (unpaired) electrons. The third-order valence-corrected chi connectivity index (χ3v) is 4.90. The Morgan fingerprint density at radius 3 is 1.48 bits per heavy atom. The first-order valence-corrected chi connectivity index (χ1v) is 10.0. The van der Waals surface area contributed by atoms with E-state index in [4.69, 9.17) is 14.2 Å². The number of hydrogen-bond donors (Lipinski definition) is 2. The maximum atomic E-state index is 11.6. The molecule has 0 bridgehead atoms. The molecule has 134 valence electrons. The van der Waals surface area contributed by atoms with E-state index in [-0.39, 0.29) is 11.8 Å². The van der Waals surface area contributed by atoms with Crippen LogP contribution < -0.4 is 10.6 Å². The van der Waals surface area contributed by atoms with E-state index in [0.29, 0.717) is 64.2 Å². The van der Waals surface area contributed by atoms with Gasteiger partial charge in [0.15, 0.2) is 0 Å². The number of ether oxygens (including phenoxy) is 3. The van der Waals surface area contributed by atoms with Crippen molar-refractivity contribution < 1.29 is 23.8 Å². The molecule has 0 aromatic heterocycles. The van der Waals surface area contributed by atoms with Crippen molar-refractivity contribution in [3.63, 3.8) is 0 Å². The van der Waals surface area contributed by atoms with Crippen molar-refractivity contribution in [2.45, 2.75) is 0 Å². The van der Waals surface area contributed by atoms with Gasteiger partial charge < -0.3 is 24.8 Å². The fourth-order valence-corrected chi connectivity index (χ4v) is 3.42. The van der Waals surface area contributed by atoms with E-state index in [9.17, 15) is 9.59 Å². The van der Waals surface area contributed by atoms with E-state index >= 15 is 0 Å². The van der Waals surface area contributed by atoms with E-state index in [1.54, 1.807) is 23.5 Å². The third-order valence-electron chi connectivity index (χ3n) is 2.72. The van der Waals surface area contributed by atoms with Gasteiger partial charge in [-0.15, -0.1) is 0 Å². The summed E-state index contributed by atoms with van der Waals surface area (Å²) in [5, 5.41) is 5.61. The largest absolute Gasteiger partial charge is 0.377 e. The Labute approximate surface area is 145 Å². The molecule has 0 atom stereocenters. The van der Waals surface area contributed by atoms with Gasteiger partial charge in [0.2, 0.25) is 11.8 Å². The van der Waals surface area contributed by atoms with Crippen LogP contribution in [0.4, 0.5) is 0 Å². The van der Waals surface area contributed by atoms with Gasteiger partial charge >= 0.3 is 0 Å². The smallest absolute Gasteiger partial charge is 0.230 e. The monoisotopic (exact) mass is 366 g/mol. The molecular formula is C14H26N2O5S2. The van der Waals surface area contributed by atoms with Crippen molar-refractivity contribution in [2.75, 3.05) is 75.7 Å². The van der Waals surface area contributed by atoms with E-state index in [0.717, 1.165) is 11.5 Å². The van der Waals surface area contributed by atoms with E-state index in [2.05, 4.69) is 10.6 Å². The Morgan fingerprint density at radius 1 is 0.652 bits per heavy atom. The molecule has 0 saturated carbocycles. The Balaban J connectivity index is 2.18. The van der Waals surface area contributed by atoms with Gasteiger partial charge in [0.05, 0.1) is 51.1 Å². The summed E-state index contributed by atoms with van der Waals surface area (Å²) in [6, 6.07) is 0. The second-order valence-electron chi connectivity index (χ2n) is 4.64. The minimum Gasteiger partial charge on any atom is -0.377 e. The van der Waals surface area contributed by atoms with Crippen LogP contribution in [-0.4, -0.2) is 87.6 Å². The summed E-state index contributed by atoms with van der Waals surface area (Å²) >= 11 is 3.14. The summed E-state index contributed by atoms with van der Waals surface area (Å²) in [5.41, 5.74) is 0. The highest BCUT2D eigenvalue weighted by atomic mass is 32.2. The van der Waals surface area contributed by atoms with Gasteiger partial charge in [0.25, 0.3) is 0 Å². The van der Waals surface area contributed by atoms with Crippen molar-refractivity contribution in [2.24, 2.45) is 0 Å². The Morgan fingerprint density at radius 2 is 1.04 bits per heavy atom. The van der Waals surface area contributed by atoms with Gasteiger partial charge in [0.1, 0.15) is 0 Å². The predicted octanol–water partition coefficient (Wildman–Crippen LogP) is -0.251. The van der Waals surface area contributed by atoms with Crippen LogP contribution in [0.3, 0.4) is 0 Å². The van der Waals surface area contributed by atoms with Gasteiger partial charge in [-0.2, -0.15) is 23.5 Å². The van der Waals surface area contributed by atoms with Crippen LogP contribution in [0.5, 0.6) is 0 Å². The molecule has 1 aliphatic heterocycles. The first-order valence-electron chi connectivity index (χ1n) is 7.71. The summed E-state index contributed by atoms with van der Waals surface area (Å²) in [7, 11) is 0. The summed E-state index contributed by atoms with van der Waals surface area (Å²) in [4.78, 5) is 23.1. The van der Waals surface area contributed by atoms with E-state index in [1.165, 1.54) is 0 Å². The van der Waals surface area contributed by atoms with Gasteiger partial charge in [-0.25, -0.2) is 0 Å². The van der Waals surface area contributed by atoms with E-state index < -0.39 is 0 Å². The highest BCUT2D eigenvalue weighted by Crippen LogP contribution is 2.06. The molecule has 1 saturated heterocycles. The SMILES string of the molecule is O=C1CSCCSCC(=O)NCCOCCOCCOCCN1. The minimum atomic E-state index is 0.0145. The molecule has 7 nitrogen and oxygen atoms in total. The molecule has 1 fully saturated rings. The standard InChI is InChI=1S/C14H26N2O5S2/c17-13-11-22-9-10-23-12-14(18)16-2-4-20-6-8-21-7-5-19-3-1-15-13/h1-12H2,(H,15,17)(H,16,18). The maximum absolute atomic E-state index is 11.6. The van der Waals surface area contributed by atoms with Gasteiger partial charge in [-0.05, 0) is 0 Å². The molecule has 23 heavy (non-hydrogen) atoms. The highest BCUT2D eigenvalue weighted by molar-refractivity contribution is 8.03. The van der Waals surface area contributed by atoms with Crippen LogP contribution in [-0.2, 0) is 23.8 Å². The van der Waals surface area contributed by atoms with Crippen molar-refractivity contribution in [1.82, 2.24) is 10.6 Å². The Bertz CT molecular complexity index is 304. The second kappa shape index (κ2) is 15.1. The lowest BCUT2D eigenvalue weighted by Gasteiger charge is -2.08. The zero-order valence-electron chi connectivity index (χ0n) is 13.3. The van der Waals surface area contributed by atoms with Crippen molar-refractivity contribution >= 4 is 35.3 Å². The van der Waals surface area contributed by atoms with Crippen LogP contribution in [0.1, 0.15) is 0 Å². The number of hydrogen-bond acceptors (Lipinski definition) is 7. The molecular weight excluding hydrogens is 340 g/mol. The van der Waals surface area contributed by atoms with Crippen molar-refractivity contribution in [3.05, 3.63) is 0 Å². The number of carbonyl (C=O) groups is 2. The zero-order valence-corrected chi connectivity index (χ0v) is 15.0. The number of thioether (sulfide) groups is 2. The maximum Gasteiger partial charge on any atom is 0.230 e. The summed E-state index contributed by atoms with van der Waals surface area (Å²) < 4.78 is 16.1. The van der Waals surface area contributed by atoms with Crippen molar-refractivity contribution in [3.8, 4) is 0 Å². The lowest BCUT2D eigenvalue weighted by atomic mass is 10.6. The molecule has 0 unspecified atom stereocenters. The molecule has 9 heteroatoms. The Hall–Kier alpha value is -0.480. The molecule has 2 amide bonds. The lowest BCUT2D eigenvalue weighted by Crippen LogP contribution is -2.29. The van der Waals surface area contributed by atoms with Crippen molar-refractivity contribution in [1.29, 1.82) is 0 Å². The second-order valence-corrected chi connectivity index (χ2v) is 6.85. The molecule has 0 aromatic rings. The predicted molar refractivity (Wildman–Crippen MR) is 93.1 cm³/mol. The van der Waals surface area contributed by atoms with Crippen LogP contribution in [0.2, 0.25) is 0 Å². The highest BCUT2D eigenvalue weighted by Gasteiger charge is 2.03. The first kappa shape index (κ1) is 20.6. The van der Waals surface area contributed by atoms with Gasteiger partial charge in [0, 0.05) is 24.6 Å².